The van der Waals surface area contributed by atoms with E-state index in [0.717, 1.165) is 12.0 Å². The third-order valence-electron chi connectivity index (χ3n) is 3.22. The Morgan fingerprint density at radius 1 is 1.43 bits per heavy atom. The number of carbonyl (C=O) groups is 1. The van der Waals surface area contributed by atoms with Crippen LogP contribution in [0.25, 0.3) is 0 Å². The Kier molecular flexibility index (Phi) is 6.41. The minimum Gasteiger partial charge on any atom is -0.490 e. The van der Waals surface area contributed by atoms with Gasteiger partial charge < -0.3 is 9.47 Å². The van der Waals surface area contributed by atoms with Crippen molar-refractivity contribution in [2.24, 2.45) is 5.10 Å². The number of nitrogens with zero attached hydrogens (tertiary/aromatic N) is 2. The van der Waals surface area contributed by atoms with Crippen LogP contribution in [0.15, 0.2) is 23.3 Å². The van der Waals surface area contributed by atoms with Crippen LogP contribution in [0, 0.1) is 0 Å². The molecule has 2 rings (SSSR count). The number of thioether (sulfide) groups is 1. The maximum Gasteiger partial charge on any atom is 0.259 e. The molecule has 23 heavy (non-hydrogen) atoms. The summed E-state index contributed by atoms with van der Waals surface area (Å²) in [6.07, 6.45) is 2.64. The molecule has 1 atom stereocenters. The smallest absolute Gasteiger partial charge is 0.259 e. The highest BCUT2D eigenvalue weighted by atomic mass is 32.2. The molecule has 0 aliphatic carbocycles. The lowest BCUT2D eigenvalue weighted by atomic mass is 10.2. The first kappa shape index (κ1) is 17.7. The zero-order valence-electron chi connectivity index (χ0n) is 13.4. The van der Waals surface area contributed by atoms with Gasteiger partial charge in [0.05, 0.1) is 24.7 Å². The second kappa shape index (κ2) is 8.31. The lowest BCUT2D eigenvalue weighted by Crippen LogP contribution is -2.22. The van der Waals surface area contributed by atoms with Crippen LogP contribution in [-0.2, 0) is 4.79 Å². The molecular formula is C16H20N2O3S2. The summed E-state index contributed by atoms with van der Waals surface area (Å²) in [5, 5.41) is 5.42. The van der Waals surface area contributed by atoms with E-state index in [4.69, 9.17) is 21.7 Å². The van der Waals surface area contributed by atoms with Gasteiger partial charge in [0.25, 0.3) is 5.91 Å². The number of amides is 1. The van der Waals surface area contributed by atoms with Gasteiger partial charge in [-0.3, -0.25) is 4.79 Å². The van der Waals surface area contributed by atoms with Gasteiger partial charge >= 0.3 is 0 Å². The fourth-order valence-corrected chi connectivity index (χ4v) is 2.82. The summed E-state index contributed by atoms with van der Waals surface area (Å²) in [4.78, 5) is 11.6. The average Bonchev–Trinajstić information content (AvgIpc) is 2.86. The van der Waals surface area contributed by atoms with Crippen molar-refractivity contribution in [3.63, 3.8) is 0 Å². The summed E-state index contributed by atoms with van der Waals surface area (Å²) in [5.41, 5.74) is 0.817. The molecule has 0 N–H and O–H groups in total. The molecule has 5 nitrogen and oxygen atoms in total. The molecule has 1 aromatic rings. The highest BCUT2D eigenvalue weighted by Crippen LogP contribution is 2.29. The maximum atomic E-state index is 11.6. The van der Waals surface area contributed by atoms with Crippen molar-refractivity contribution < 1.29 is 14.3 Å². The van der Waals surface area contributed by atoms with Crippen LogP contribution in [0.1, 0.15) is 32.8 Å². The van der Waals surface area contributed by atoms with E-state index in [2.05, 4.69) is 12.0 Å². The van der Waals surface area contributed by atoms with Gasteiger partial charge in [0.2, 0.25) is 0 Å². The van der Waals surface area contributed by atoms with Crippen molar-refractivity contribution in [1.29, 1.82) is 0 Å². The van der Waals surface area contributed by atoms with Gasteiger partial charge in [0, 0.05) is 0 Å². The Hall–Kier alpha value is -1.60. The van der Waals surface area contributed by atoms with Gasteiger partial charge in [0.1, 0.15) is 0 Å². The average molecular weight is 352 g/mol. The van der Waals surface area contributed by atoms with E-state index in [0.29, 0.717) is 28.2 Å². The van der Waals surface area contributed by atoms with E-state index in [-0.39, 0.29) is 12.0 Å². The van der Waals surface area contributed by atoms with Crippen LogP contribution in [0.3, 0.4) is 0 Å². The van der Waals surface area contributed by atoms with Crippen molar-refractivity contribution in [3.8, 4) is 11.5 Å². The second-order valence-electron chi connectivity index (χ2n) is 4.98. The Labute approximate surface area is 146 Å². The topological polar surface area (TPSA) is 51.1 Å². The van der Waals surface area contributed by atoms with Gasteiger partial charge in [0.15, 0.2) is 15.8 Å². The predicted molar refractivity (Wildman–Crippen MR) is 97.5 cm³/mol. The molecule has 1 fully saturated rings. The summed E-state index contributed by atoms with van der Waals surface area (Å²) in [6.45, 7) is 6.55. The van der Waals surface area contributed by atoms with Gasteiger partial charge in [-0.05, 0) is 44.0 Å². The van der Waals surface area contributed by atoms with Crippen molar-refractivity contribution in [2.45, 2.75) is 33.3 Å². The molecule has 0 spiro atoms. The number of hydrazone groups is 1. The molecule has 124 valence electrons. The third-order valence-corrected chi connectivity index (χ3v) is 4.56. The van der Waals surface area contributed by atoms with Crippen molar-refractivity contribution in [3.05, 3.63) is 23.8 Å². The Bertz CT molecular complexity index is 603. The number of thiocarbonyl (C=S) groups is 1. The van der Waals surface area contributed by atoms with Crippen molar-refractivity contribution in [2.75, 3.05) is 12.4 Å². The van der Waals surface area contributed by atoms with E-state index < -0.39 is 0 Å². The Morgan fingerprint density at radius 2 is 2.22 bits per heavy atom. The van der Waals surface area contributed by atoms with Crippen LogP contribution < -0.4 is 9.47 Å². The molecule has 1 amide bonds. The van der Waals surface area contributed by atoms with Crippen molar-refractivity contribution >= 4 is 40.4 Å². The number of hydrogen-bond donors (Lipinski definition) is 0. The fraction of sp³-hybridized carbons (Fsp3) is 0.438. The van der Waals surface area contributed by atoms with E-state index in [1.807, 2.05) is 32.0 Å². The zero-order valence-corrected chi connectivity index (χ0v) is 15.1. The number of benzene rings is 1. The highest BCUT2D eigenvalue weighted by Gasteiger charge is 2.25. The lowest BCUT2D eigenvalue weighted by molar-refractivity contribution is -0.123. The number of hydrogen-bond acceptors (Lipinski definition) is 6. The van der Waals surface area contributed by atoms with Crippen LogP contribution in [-0.4, -0.2) is 39.9 Å². The van der Waals surface area contributed by atoms with E-state index in [9.17, 15) is 4.79 Å². The van der Waals surface area contributed by atoms with Crippen LogP contribution >= 0.6 is 24.0 Å². The molecule has 7 heteroatoms. The Morgan fingerprint density at radius 3 is 2.83 bits per heavy atom. The summed E-state index contributed by atoms with van der Waals surface area (Å²) in [7, 11) is 0. The van der Waals surface area contributed by atoms with Gasteiger partial charge in [-0.1, -0.05) is 30.9 Å². The molecule has 0 unspecified atom stereocenters. The third kappa shape index (κ3) is 4.68. The minimum absolute atomic E-state index is 0.0991. The molecule has 0 saturated carbocycles. The molecule has 0 radical (unpaired) electrons. The molecule has 0 aromatic heterocycles. The molecule has 1 aliphatic heterocycles. The van der Waals surface area contributed by atoms with Crippen molar-refractivity contribution in [1.82, 2.24) is 5.01 Å². The minimum atomic E-state index is -0.0991. The molecule has 1 aromatic carbocycles. The van der Waals surface area contributed by atoms with Crippen LogP contribution in [0.5, 0.6) is 11.5 Å². The van der Waals surface area contributed by atoms with Crippen LogP contribution in [0.2, 0.25) is 0 Å². The van der Waals surface area contributed by atoms with E-state index in [1.54, 1.807) is 6.21 Å². The first-order valence-electron chi connectivity index (χ1n) is 7.52. The quantitative estimate of drug-likeness (QED) is 0.556. The van der Waals surface area contributed by atoms with Gasteiger partial charge in [-0.15, -0.1) is 0 Å². The molecular weight excluding hydrogens is 332 g/mol. The van der Waals surface area contributed by atoms with Gasteiger partial charge in [-0.2, -0.15) is 10.1 Å². The normalized spacial score (nSPS) is 16.2. The fourth-order valence-electron chi connectivity index (χ4n) is 1.85. The SMILES string of the molecule is CCOc1cc(/C=N/N2C(=O)CSC2=S)ccc1O[C@H](C)CC. The predicted octanol–water partition coefficient (Wildman–Crippen LogP) is 3.46. The van der Waals surface area contributed by atoms with Gasteiger partial charge in [-0.25, -0.2) is 0 Å². The monoisotopic (exact) mass is 352 g/mol. The largest absolute Gasteiger partial charge is 0.490 e. The molecule has 1 aliphatic rings. The molecule has 0 bridgehead atoms. The summed E-state index contributed by atoms with van der Waals surface area (Å²) in [5.74, 6) is 1.63. The lowest BCUT2D eigenvalue weighted by Gasteiger charge is -2.16. The number of rotatable bonds is 7. The number of carbonyl (C=O) groups excluding carboxylic acids is 1. The van der Waals surface area contributed by atoms with E-state index in [1.165, 1.54) is 16.8 Å². The first-order chi connectivity index (χ1) is 11.0. The highest BCUT2D eigenvalue weighted by molar-refractivity contribution is 8.23. The zero-order chi connectivity index (χ0) is 16.8. The molecule has 1 saturated heterocycles. The first-order valence-corrected chi connectivity index (χ1v) is 8.91. The summed E-state index contributed by atoms with van der Waals surface area (Å²) >= 11 is 6.41. The second-order valence-corrected chi connectivity index (χ2v) is 6.59. The van der Waals surface area contributed by atoms with E-state index >= 15 is 0 Å². The Balaban J connectivity index is 2.18. The summed E-state index contributed by atoms with van der Waals surface area (Å²) in [6, 6.07) is 5.58. The molecule has 1 heterocycles. The van der Waals surface area contributed by atoms with Crippen LogP contribution in [0.4, 0.5) is 0 Å². The summed E-state index contributed by atoms with van der Waals surface area (Å²) < 4.78 is 12.0. The number of ether oxygens (including phenoxy) is 2. The standard InChI is InChI=1S/C16H20N2O3S2/c1-4-11(3)21-13-7-6-12(8-14(13)20-5-2)9-17-18-15(19)10-23-16(18)22/h6-9,11H,4-5,10H2,1-3H3/b17-9+/t11-/m1/s1. The maximum absolute atomic E-state index is 11.6.